The number of para-hydroxylation sites is 1. The molecule has 0 spiro atoms. The van der Waals surface area contributed by atoms with Crippen molar-refractivity contribution in [3.8, 4) is 5.75 Å². The fraction of sp³-hybridized carbons (Fsp3) is 0.316. The van der Waals surface area contributed by atoms with Crippen molar-refractivity contribution in [1.82, 2.24) is 5.32 Å². The number of rotatable bonds is 7. The van der Waals surface area contributed by atoms with E-state index in [0.29, 0.717) is 26.0 Å². The first-order valence-electron chi connectivity index (χ1n) is 7.72. The van der Waals surface area contributed by atoms with Crippen LogP contribution in [0.25, 0.3) is 0 Å². The SMILES string of the molecule is CCOc1ccccc1CCC(=O)NCc1ccc(C)cc1. The van der Waals surface area contributed by atoms with Gasteiger partial charge < -0.3 is 10.1 Å². The van der Waals surface area contributed by atoms with Gasteiger partial charge in [-0.1, -0.05) is 48.0 Å². The van der Waals surface area contributed by atoms with E-state index in [9.17, 15) is 4.79 Å². The average molecular weight is 297 g/mol. The predicted octanol–water partition coefficient (Wildman–Crippen LogP) is 3.64. The van der Waals surface area contributed by atoms with Crippen LogP contribution in [0.3, 0.4) is 0 Å². The second-order valence-corrected chi connectivity index (χ2v) is 5.30. The monoisotopic (exact) mass is 297 g/mol. The summed E-state index contributed by atoms with van der Waals surface area (Å²) in [6.45, 7) is 5.23. The number of carbonyl (C=O) groups is 1. The topological polar surface area (TPSA) is 38.3 Å². The minimum absolute atomic E-state index is 0.0619. The van der Waals surface area contributed by atoms with E-state index in [-0.39, 0.29) is 5.91 Å². The van der Waals surface area contributed by atoms with Crippen LogP contribution in [0.2, 0.25) is 0 Å². The molecule has 0 radical (unpaired) electrons. The van der Waals surface area contributed by atoms with Gasteiger partial charge in [0.25, 0.3) is 0 Å². The first kappa shape index (κ1) is 16.1. The van der Waals surface area contributed by atoms with Gasteiger partial charge in [-0.15, -0.1) is 0 Å². The van der Waals surface area contributed by atoms with Gasteiger partial charge in [0, 0.05) is 13.0 Å². The molecule has 116 valence electrons. The van der Waals surface area contributed by atoms with Gasteiger partial charge in [-0.05, 0) is 37.5 Å². The fourth-order valence-corrected chi connectivity index (χ4v) is 2.25. The van der Waals surface area contributed by atoms with E-state index in [4.69, 9.17) is 4.74 Å². The highest BCUT2D eigenvalue weighted by Crippen LogP contribution is 2.19. The second-order valence-electron chi connectivity index (χ2n) is 5.30. The molecule has 1 N–H and O–H groups in total. The van der Waals surface area contributed by atoms with Crippen molar-refractivity contribution in [2.24, 2.45) is 0 Å². The molecule has 0 aliphatic carbocycles. The Morgan fingerprint density at radius 1 is 1.09 bits per heavy atom. The van der Waals surface area contributed by atoms with Crippen molar-refractivity contribution in [3.05, 3.63) is 65.2 Å². The van der Waals surface area contributed by atoms with E-state index in [1.165, 1.54) is 5.56 Å². The zero-order chi connectivity index (χ0) is 15.8. The number of carbonyl (C=O) groups excluding carboxylic acids is 1. The summed E-state index contributed by atoms with van der Waals surface area (Å²) in [4.78, 5) is 12.0. The van der Waals surface area contributed by atoms with Crippen molar-refractivity contribution in [3.63, 3.8) is 0 Å². The van der Waals surface area contributed by atoms with Crippen LogP contribution in [0, 0.1) is 6.92 Å². The Hall–Kier alpha value is -2.29. The van der Waals surface area contributed by atoms with Crippen LogP contribution in [0.5, 0.6) is 5.75 Å². The maximum atomic E-state index is 12.0. The van der Waals surface area contributed by atoms with E-state index < -0.39 is 0 Å². The molecule has 0 saturated heterocycles. The van der Waals surface area contributed by atoms with E-state index in [1.807, 2.05) is 43.3 Å². The van der Waals surface area contributed by atoms with Crippen molar-refractivity contribution in [1.29, 1.82) is 0 Å². The van der Waals surface area contributed by atoms with Gasteiger partial charge in [-0.25, -0.2) is 0 Å². The van der Waals surface area contributed by atoms with Crippen molar-refractivity contribution in [2.45, 2.75) is 33.2 Å². The summed E-state index contributed by atoms with van der Waals surface area (Å²) in [6.07, 6.45) is 1.16. The lowest BCUT2D eigenvalue weighted by atomic mass is 10.1. The molecule has 0 aromatic heterocycles. The molecule has 0 unspecified atom stereocenters. The van der Waals surface area contributed by atoms with Gasteiger partial charge >= 0.3 is 0 Å². The first-order valence-corrected chi connectivity index (χ1v) is 7.72. The summed E-state index contributed by atoms with van der Waals surface area (Å²) in [6, 6.07) is 16.1. The molecule has 0 atom stereocenters. The zero-order valence-corrected chi connectivity index (χ0v) is 13.3. The molecule has 0 bridgehead atoms. The average Bonchev–Trinajstić information content (AvgIpc) is 2.54. The highest BCUT2D eigenvalue weighted by atomic mass is 16.5. The van der Waals surface area contributed by atoms with Crippen LogP contribution in [0.4, 0.5) is 0 Å². The third kappa shape index (κ3) is 4.92. The molecule has 0 aliphatic heterocycles. The van der Waals surface area contributed by atoms with Gasteiger partial charge in [0.15, 0.2) is 0 Å². The van der Waals surface area contributed by atoms with Crippen LogP contribution < -0.4 is 10.1 Å². The third-order valence-electron chi connectivity index (χ3n) is 3.50. The maximum absolute atomic E-state index is 12.0. The summed E-state index contributed by atoms with van der Waals surface area (Å²) < 4.78 is 5.58. The largest absolute Gasteiger partial charge is 0.494 e. The molecule has 2 aromatic carbocycles. The van der Waals surface area contributed by atoms with E-state index in [1.54, 1.807) is 0 Å². The highest BCUT2D eigenvalue weighted by Gasteiger charge is 2.06. The lowest BCUT2D eigenvalue weighted by Gasteiger charge is -2.10. The maximum Gasteiger partial charge on any atom is 0.220 e. The first-order chi connectivity index (χ1) is 10.7. The lowest BCUT2D eigenvalue weighted by Crippen LogP contribution is -2.23. The molecular weight excluding hydrogens is 274 g/mol. The molecular formula is C19H23NO2. The molecule has 1 amide bonds. The third-order valence-corrected chi connectivity index (χ3v) is 3.50. The smallest absolute Gasteiger partial charge is 0.220 e. The minimum atomic E-state index is 0.0619. The number of hydrogen-bond acceptors (Lipinski definition) is 2. The Balaban J connectivity index is 1.81. The van der Waals surface area contributed by atoms with Gasteiger partial charge in [0.2, 0.25) is 5.91 Å². The molecule has 3 nitrogen and oxygen atoms in total. The van der Waals surface area contributed by atoms with Crippen molar-refractivity contribution >= 4 is 5.91 Å². The van der Waals surface area contributed by atoms with Crippen LogP contribution in [0.1, 0.15) is 30.0 Å². The lowest BCUT2D eigenvalue weighted by molar-refractivity contribution is -0.121. The standard InChI is InChI=1S/C19H23NO2/c1-3-22-18-7-5-4-6-17(18)12-13-19(21)20-14-16-10-8-15(2)9-11-16/h4-11H,3,12-14H2,1-2H3,(H,20,21). The fourth-order valence-electron chi connectivity index (χ4n) is 2.25. The molecule has 22 heavy (non-hydrogen) atoms. The van der Waals surface area contributed by atoms with Crippen LogP contribution in [0.15, 0.2) is 48.5 Å². The quantitative estimate of drug-likeness (QED) is 0.847. The molecule has 0 saturated carbocycles. The molecule has 2 rings (SSSR count). The number of ether oxygens (including phenoxy) is 1. The Kier molecular flexibility index (Phi) is 6.01. The Morgan fingerprint density at radius 3 is 2.55 bits per heavy atom. The van der Waals surface area contributed by atoms with Gasteiger partial charge in [-0.2, -0.15) is 0 Å². The summed E-state index contributed by atoms with van der Waals surface area (Å²) in [7, 11) is 0. The van der Waals surface area contributed by atoms with E-state index in [0.717, 1.165) is 16.9 Å². The van der Waals surface area contributed by atoms with Crippen molar-refractivity contribution < 1.29 is 9.53 Å². The summed E-state index contributed by atoms with van der Waals surface area (Å²) >= 11 is 0. The number of nitrogens with one attached hydrogen (secondary N) is 1. The Labute approximate surface area is 132 Å². The predicted molar refractivity (Wildman–Crippen MR) is 89.0 cm³/mol. The van der Waals surface area contributed by atoms with Crippen molar-refractivity contribution in [2.75, 3.05) is 6.61 Å². The van der Waals surface area contributed by atoms with Gasteiger partial charge in [-0.3, -0.25) is 4.79 Å². The molecule has 3 heteroatoms. The van der Waals surface area contributed by atoms with Gasteiger partial charge in [0.05, 0.1) is 6.61 Å². The Morgan fingerprint density at radius 2 is 1.82 bits per heavy atom. The molecule has 0 aliphatic rings. The number of benzene rings is 2. The van der Waals surface area contributed by atoms with E-state index in [2.05, 4.69) is 24.4 Å². The molecule has 0 fully saturated rings. The number of hydrogen-bond donors (Lipinski definition) is 1. The second kappa shape index (κ2) is 8.23. The Bertz CT molecular complexity index is 605. The van der Waals surface area contributed by atoms with Crippen LogP contribution in [-0.2, 0) is 17.8 Å². The zero-order valence-electron chi connectivity index (χ0n) is 13.3. The normalized spacial score (nSPS) is 10.3. The summed E-state index contributed by atoms with van der Waals surface area (Å²) in [5, 5.41) is 2.96. The highest BCUT2D eigenvalue weighted by molar-refractivity contribution is 5.76. The minimum Gasteiger partial charge on any atom is -0.494 e. The summed E-state index contributed by atoms with van der Waals surface area (Å²) in [5.74, 6) is 0.934. The molecule has 0 heterocycles. The van der Waals surface area contributed by atoms with Gasteiger partial charge in [0.1, 0.15) is 5.75 Å². The molecule has 2 aromatic rings. The number of aryl methyl sites for hydroxylation is 2. The number of amides is 1. The van der Waals surface area contributed by atoms with Crippen LogP contribution in [-0.4, -0.2) is 12.5 Å². The van der Waals surface area contributed by atoms with E-state index >= 15 is 0 Å². The summed E-state index contributed by atoms with van der Waals surface area (Å²) in [5.41, 5.74) is 3.42. The van der Waals surface area contributed by atoms with Crippen LogP contribution >= 0.6 is 0 Å².